The van der Waals surface area contributed by atoms with Crippen molar-refractivity contribution >= 4 is 27.6 Å². The first-order valence-electron chi connectivity index (χ1n) is 8.23. The van der Waals surface area contributed by atoms with Crippen molar-refractivity contribution < 1.29 is 23.1 Å². The molecule has 0 heterocycles. The van der Waals surface area contributed by atoms with Crippen molar-refractivity contribution in [3.63, 3.8) is 0 Å². The molecule has 0 aromatic heterocycles. The minimum atomic E-state index is -3.60. The standard InChI is InChI=1S/C17H24N2O5S/c1-19(2)25(23,24)14-8-6-7-13(11-14)18-15(20)12-17(16(21)22)9-4-3-5-10-17/h6-8,11H,3-5,9-10,12H2,1-2H3,(H,18,20)(H,21,22). The van der Waals surface area contributed by atoms with E-state index in [0.717, 1.165) is 23.6 Å². The van der Waals surface area contributed by atoms with E-state index in [2.05, 4.69) is 5.32 Å². The average molecular weight is 368 g/mol. The first-order chi connectivity index (χ1) is 11.7. The molecule has 0 atom stereocenters. The van der Waals surface area contributed by atoms with E-state index in [1.54, 1.807) is 12.1 Å². The lowest BCUT2D eigenvalue weighted by molar-refractivity contribution is -0.153. The number of anilines is 1. The molecular weight excluding hydrogens is 344 g/mol. The molecule has 1 amide bonds. The Kier molecular flexibility index (Phi) is 5.84. The molecule has 1 fully saturated rings. The number of amides is 1. The quantitative estimate of drug-likeness (QED) is 0.802. The number of nitrogens with zero attached hydrogens (tertiary/aromatic N) is 1. The largest absolute Gasteiger partial charge is 0.481 e. The molecule has 1 aliphatic carbocycles. The van der Waals surface area contributed by atoms with E-state index in [0.29, 0.717) is 18.5 Å². The summed E-state index contributed by atoms with van der Waals surface area (Å²) < 4.78 is 25.4. The van der Waals surface area contributed by atoms with Crippen molar-refractivity contribution in [2.45, 2.75) is 43.4 Å². The molecule has 0 radical (unpaired) electrons. The van der Waals surface area contributed by atoms with Crippen LogP contribution in [0.4, 0.5) is 5.69 Å². The summed E-state index contributed by atoms with van der Waals surface area (Å²) >= 11 is 0. The van der Waals surface area contributed by atoms with Crippen LogP contribution in [0.2, 0.25) is 0 Å². The van der Waals surface area contributed by atoms with Crippen LogP contribution in [-0.4, -0.2) is 43.8 Å². The zero-order valence-corrected chi connectivity index (χ0v) is 15.3. The molecule has 1 saturated carbocycles. The summed E-state index contributed by atoms with van der Waals surface area (Å²) in [6.07, 6.45) is 3.47. The zero-order valence-electron chi connectivity index (χ0n) is 14.5. The summed E-state index contributed by atoms with van der Waals surface area (Å²) in [5.41, 5.74) is -0.681. The summed E-state index contributed by atoms with van der Waals surface area (Å²) in [5.74, 6) is -1.35. The van der Waals surface area contributed by atoms with Crippen molar-refractivity contribution in [3.8, 4) is 0 Å². The summed E-state index contributed by atoms with van der Waals surface area (Å²) in [6.45, 7) is 0. The fourth-order valence-corrected chi connectivity index (χ4v) is 4.10. The Hall–Kier alpha value is -1.93. The van der Waals surface area contributed by atoms with Gasteiger partial charge in [0.1, 0.15) is 0 Å². The average Bonchev–Trinajstić information content (AvgIpc) is 2.55. The number of carboxylic acids is 1. The zero-order chi connectivity index (χ0) is 18.7. The summed E-state index contributed by atoms with van der Waals surface area (Å²) in [4.78, 5) is 24.1. The predicted octanol–water partition coefficient (Wildman–Crippen LogP) is 2.30. The molecule has 1 aromatic carbocycles. The van der Waals surface area contributed by atoms with Gasteiger partial charge in [-0.05, 0) is 31.0 Å². The van der Waals surface area contributed by atoms with Gasteiger partial charge in [0.2, 0.25) is 15.9 Å². The van der Waals surface area contributed by atoms with Crippen LogP contribution in [-0.2, 0) is 19.6 Å². The fraction of sp³-hybridized carbons (Fsp3) is 0.529. The van der Waals surface area contributed by atoms with Gasteiger partial charge in [0, 0.05) is 26.2 Å². The minimum Gasteiger partial charge on any atom is -0.481 e. The lowest BCUT2D eigenvalue weighted by Crippen LogP contribution is -2.37. The highest BCUT2D eigenvalue weighted by molar-refractivity contribution is 7.89. The topological polar surface area (TPSA) is 104 Å². The van der Waals surface area contributed by atoms with E-state index in [4.69, 9.17) is 0 Å². The van der Waals surface area contributed by atoms with Gasteiger partial charge in [-0.3, -0.25) is 9.59 Å². The highest BCUT2D eigenvalue weighted by Gasteiger charge is 2.41. The van der Waals surface area contributed by atoms with Crippen LogP contribution in [0.5, 0.6) is 0 Å². The van der Waals surface area contributed by atoms with Crippen molar-refractivity contribution in [2.24, 2.45) is 5.41 Å². The highest BCUT2D eigenvalue weighted by atomic mass is 32.2. The van der Waals surface area contributed by atoms with E-state index in [-0.39, 0.29) is 11.3 Å². The Morgan fingerprint density at radius 2 is 1.84 bits per heavy atom. The molecule has 25 heavy (non-hydrogen) atoms. The molecule has 0 saturated heterocycles. The predicted molar refractivity (Wildman–Crippen MR) is 93.7 cm³/mol. The molecule has 0 spiro atoms. The number of carbonyl (C=O) groups is 2. The van der Waals surface area contributed by atoms with Crippen molar-refractivity contribution in [1.29, 1.82) is 0 Å². The molecular formula is C17H24N2O5S. The molecule has 138 valence electrons. The van der Waals surface area contributed by atoms with Crippen LogP contribution in [0.15, 0.2) is 29.2 Å². The van der Waals surface area contributed by atoms with Gasteiger partial charge >= 0.3 is 5.97 Å². The van der Waals surface area contributed by atoms with Crippen molar-refractivity contribution in [3.05, 3.63) is 24.3 Å². The third-order valence-corrected chi connectivity index (χ3v) is 6.47. The molecule has 7 nitrogen and oxygen atoms in total. The second-order valence-corrected chi connectivity index (χ2v) is 8.84. The molecule has 0 aliphatic heterocycles. The first-order valence-corrected chi connectivity index (χ1v) is 9.67. The number of sulfonamides is 1. The number of benzene rings is 1. The van der Waals surface area contributed by atoms with Crippen LogP contribution >= 0.6 is 0 Å². The Labute approximate surface area is 148 Å². The van der Waals surface area contributed by atoms with Gasteiger partial charge in [-0.15, -0.1) is 0 Å². The normalized spacial score (nSPS) is 17.2. The van der Waals surface area contributed by atoms with E-state index in [1.165, 1.54) is 26.2 Å². The third-order valence-electron chi connectivity index (χ3n) is 4.66. The monoisotopic (exact) mass is 368 g/mol. The van der Waals surface area contributed by atoms with E-state index in [1.807, 2.05) is 0 Å². The molecule has 1 aromatic rings. The van der Waals surface area contributed by atoms with Gasteiger partial charge in [-0.1, -0.05) is 25.3 Å². The summed E-state index contributed by atoms with van der Waals surface area (Å²) in [6, 6.07) is 5.95. The van der Waals surface area contributed by atoms with Crippen LogP contribution in [0.1, 0.15) is 38.5 Å². The minimum absolute atomic E-state index is 0.0703. The third kappa shape index (κ3) is 4.38. The van der Waals surface area contributed by atoms with Crippen LogP contribution in [0, 0.1) is 5.41 Å². The molecule has 2 N–H and O–H groups in total. The molecule has 8 heteroatoms. The molecule has 0 unspecified atom stereocenters. The Bertz CT molecular complexity index is 752. The Morgan fingerprint density at radius 3 is 2.40 bits per heavy atom. The van der Waals surface area contributed by atoms with E-state index in [9.17, 15) is 23.1 Å². The van der Waals surface area contributed by atoms with Gasteiger partial charge in [0.15, 0.2) is 0 Å². The lowest BCUT2D eigenvalue weighted by Gasteiger charge is -2.32. The summed E-state index contributed by atoms with van der Waals surface area (Å²) in [5, 5.41) is 12.2. The SMILES string of the molecule is CN(C)S(=O)(=O)c1cccc(NC(=O)CC2(C(=O)O)CCCCC2)c1. The number of hydrogen-bond donors (Lipinski definition) is 2. The maximum Gasteiger partial charge on any atom is 0.310 e. The fourth-order valence-electron chi connectivity index (χ4n) is 3.15. The van der Waals surface area contributed by atoms with Crippen LogP contribution < -0.4 is 5.32 Å². The Balaban J connectivity index is 2.14. The maximum absolute atomic E-state index is 12.4. The molecule has 0 bridgehead atoms. The number of rotatable bonds is 6. The number of carbonyl (C=O) groups excluding carboxylic acids is 1. The van der Waals surface area contributed by atoms with E-state index >= 15 is 0 Å². The van der Waals surface area contributed by atoms with E-state index < -0.39 is 27.3 Å². The van der Waals surface area contributed by atoms with Gasteiger partial charge in [-0.2, -0.15) is 0 Å². The van der Waals surface area contributed by atoms with Gasteiger partial charge in [-0.25, -0.2) is 12.7 Å². The number of carboxylic acid groups (broad SMARTS) is 1. The summed E-state index contributed by atoms with van der Waals surface area (Å²) in [7, 11) is -0.738. The van der Waals surface area contributed by atoms with Gasteiger partial charge in [0.05, 0.1) is 10.3 Å². The number of aliphatic carboxylic acids is 1. The maximum atomic E-state index is 12.4. The number of hydrogen-bond acceptors (Lipinski definition) is 4. The Morgan fingerprint density at radius 1 is 1.20 bits per heavy atom. The second-order valence-electron chi connectivity index (χ2n) is 6.69. The second kappa shape index (κ2) is 7.53. The van der Waals surface area contributed by atoms with Crippen LogP contribution in [0.3, 0.4) is 0 Å². The lowest BCUT2D eigenvalue weighted by atomic mass is 9.71. The van der Waals surface area contributed by atoms with Gasteiger partial charge in [0.25, 0.3) is 0 Å². The highest BCUT2D eigenvalue weighted by Crippen LogP contribution is 2.39. The molecule has 1 aliphatic rings. The smallest absolute Gasteiger partial charge is 0.310 e. The van der Waals surface area contributed by atoms with Crippen molar-refractivity contribution in [1.82, 2.24) is 4.31 Å². The molecule has 2 rings (SSSR count). The first kappa shape index (κ1) is 19.4. The van der Waals surface area contributed by atoms with Crippen LogP contribution in [0.25, 0.3) is 0 Å². The number of nitrogens with one attached hydrogen (secondary N) is 1. The van der Waals surface area contributed by atoms with Crippen molar-refractivity contribution in [2.75, 3.05) is 19.4 Å². The van der Waals surface area contributed by atoms with Gasteiger partial charge < -0.3 is 10.4 Å².